The van der Waals surface area contributed by atoms with Crippen LogP contribution in [0.3, 0.4) is 0 Å². The summed E-state index contributed by atoms with van der Waals surface area (Å²) in [6, 6.07) is 3.89. The van der Waals surface area contributed by atoms with Crippen LogP contribution < -0.4 is 4.74 Å². The number of hydrogen-bond donors (Lipinski definition) is 0. The lowest BCUT2D eigenvalue weighted by Gasteiger charge is -2.07. The molecule has 0 aromatic heterocycles. The van der Waals surface area contributed by atoms with E-state index in [-0.39, 0.29) is 5.56 Å². The van der Waals surface area contributed by atoms with E-state index in [9.17, 15) is 13.2 Å². The highest BCUT2D eigenvalue weighted by molar-refractivity contribution is 5.46. The molecule has 0 N–H and O–H groups in total. The number of rotatable bonds is 2. The summed E-state index contributed by atoms with van der Waals surface area (Å²) in [7, 11) is 0. The first kappa shape index (κ1) is 10.4. The van der Waals surface area contributed by atoms with Gasteiger partial charge in [-0.05, 0) is 18.6 Å². The zero-order chi connectivity index (χ0) is 10.7. The number of nitrogens with zero attached hydrogens (tertiary/aromatic N) is 1. The van der Waals surface area contributed by atoms with Crippen molar-refractivity contribution in [3.63, 3.8) is 0 Å². The second-order valence-corrected chi connectivity index (χ2v) is 2.56. The summed E-state index contributed by atoms with van der Waals surface area (Å²) in [5.41, 5.74) is -0.284. The zero-order valence-electron chi connectivity index (χ0n) is 7.22. The highest BCUT2D eigenvalue weighted by Gasteiger charge is 2.14. The molecule has 0 bridgehead atoms. The molecular formula is C9H6F3NO. The Hall–Kier alpha value is -1.70. The molecule has 0 saturated heterocycles. The van der Waals surface area contributed by atoms with Crippen molar-refractivity contribution in [2.24, 2.45) is 0 Å². The Morgan fingerprint density at radius 2 is 2.07 bits per heavy atom. The number of nitriles is 1. The fraction of sp³-hybridized carbons (Fsp3) is 0.222. The highest BCUT2D eigenvalue weighted by Crippen LogP contribution is 2.24. The monoisotopic (exact) mass is 201 g/mol. The Bertz CT molecular complexity index is 384. The minimum absolute atomic E-state index is 0.211. The van der Waals surface area contributed by atoms with Gasteiger partial charge in [0.05, 0.1) is 0 Å². The summed E-state index contributed by atoms with van der Waals surface area (Å²) < 4.78 is 40.8. The molecular weight excluding hydrogens is 195 g/mol. The summed E-state index contributed by atoms with van der Waals surface area (Å²) in [6.45, 7) is -1.63. The quantitative estimate of drug-likeness (QED) is 0.736. The molecule has 2 nitrogen and oxygen atoms in total. The van der Waals surface area contributed by atoms with Crippen LogP contribution in [0.15, 0.2) is 12.1 Å². The lowest BCUT2D eigenvalue weighted by atomic mass is 10.1. The third-order valence-electron chi connectivity index (χ3n) is 1.62. The van der Waals surface area contributed by atoms with Crippen molar-refractivity contribution in [3.05, 3.63) is 29.1 Å². The van der Waals surface area contributed by atoms with Crippen molar-refractivity contribution in [2.45, 2.75) is 13.5 Å². The molecule has 0 spiro atoms. The van der Waals surface area contributed by atoms with Crippen molar-refractivity contribution in [1.82, 2.24) is 0 Å². The molecule has 0 aliphatic heterocycles. The van der Waals surface area contributed by atoms with Gasteiger partial charge in [0, 0.05) is 0 Å². The van der Waals surface area contributed by atoms with E-state index >= 15 is 0 Å². The predicted molar refractivity (Wildman–Crippen MR) is 42.5 cm³/mol. The molecule has 14 heavy (non-hydrogen) atoms. The Morgan fingerprint density at radius 3 is 2.57 bits per heavy atom. The van der Waals surface area contributed by atoms with Crippen LogP contribution in [0.25, 0.3) is 0 Å². The van der Waals surface area contributed by atoms with Gasteiger partial charge in [-0.2, -0.15) is 14.0 Å². The van der Waals surface area contributed by atoms with Crippen molar-refractivity contribution in [3.8, 4) is 11.8 Å². The van der Waals surface area contributed by atoms with Crippen LogP contribution in [0.1, 0.15) is 11.1 Å². The molecule has 0 atom stereocenters. The third kappa shape index (κ3) is 1.96. The molecule has 5 heteroatoms. The number of hydrogen-bond acceptors (Lipinski definition) is 2. The largest absolute Gasteiger partial charge is 0.433 e. The molecule has 1 rings (SSSR count). The van der Waals surface area contributed by atoms with Crippen molar-refractivity contribution in [2.75, 3.05) is 0 Å². The first-order valence-electron chi connectivity index (χ1n) is 3.70. The zero-order valence-corrected chi connectivity index (χ0v) is 7.22. The smallest absolute Gasteiger partial charge is 0.387 e. The van der Waals surface area contributed by atoms with Crippen molar-refractivity contribution < 1.29 is 17.9 Å². The van der Waals surface area contributed by atoms with Crippen LogP contribution in [0.2, 0.25) is 0 Å². The van der Waals surface area contributed by atoms with E-state index in [0.29, 0.717) is 0 Å². The van der Waals surface area contributed by atoms with E-state index in [1.807, 2.05) is 0 Å². The first-order valence-corrected chi connectivity index (χ1v) is 3.70. The number of aryl methyl sites for hydroxylation is 1. The van der Waals surface area contributed by atoms with Gasteiger partial charge < -0.3 is 4.74 Å². The number of benzene rings is 1. The van der Waals surface area contributed by atoms with Crippen LogP contribution in [-0.2, 0) is 0 Å². The molecule has 1 aromatic carbocycles. The normalized spacial score (nSPS) is 10.0. The fourth-order valence-corrected chi connectivity index (χ4v) is 0.961. The molecule has 0 unspecified atom stereocenters. The number of halogens is 3. The second kappa shape index (κ2) is 4.01. The average molecular weight is 201 g/mol. The lowest BCUT2D eigenvalue weighted by molar-refractivity contribution is -0.0502. The summed E-state index contributed by atoms with van der Waals surface area (Å²) in [6.07, 6.45) is 0. The van der Waals surface area contributed by atoms with E-state index in [1.165, 1.54) is 19.1 Å². The van der Waals surface area contributed by atoms with Gasteiger partial charge in [-0.15, -0.1) is 0 Å². The molecule has 0 radical (unpaired) electrons. The van der Waals surface area contributed by atoms with Crippen LogP contribution in [0, 0.1) is 24.1 Å². The minimum Gasteiger partial charge on any atom is -0.433 e. The summed E-state index contributed by atoms with van der Waals surface area (Å²) >= 11 is 0. The SMILES string of the molecule is Cc1ccc(OC(F)F)c(C#N)c1F. The van der Waals surface area contributed by atoms with Gasteiger partial charge in [0.15, 0.2) is 0 Å². The van der Waals surface area contributed by atoms with Gasteiger partial charge in [0.2, 0.25) is 0 Å². The van der Waals surface area contributed by atoms with E-state index < -0.39 is 23.7 Å². The van der Waals surface area contributed by atoms with Crippen LogP contribution >= 0.6 is 0 Å². The van der Waals surface area contributed by atoms with E-state index in [1.54, 1.807) is 0 Å². The predicted octanol–water partition coefficient (Wildman–Crippen LogP) is 2.61. The topological polar surface area (TPSA) is 33.0 Å². The minimum atomic E-state index is -3.07. The molecule has 0 aliphatic carbocycles. The standard InChI is InChI=1S/C9H6F3NO/c1-5-2-3-7(14-9(11)12)6(4-13)8(5)10/h2-3,9H,1H3. The summed E-state index contributed by atoms with van der Waals surface area (Å²) in [5.74, 6) is -1.27. The Labute approximate surface area is 78.5 Å². The lowest BCUT2D eigenvalue weighted by Crippen LogP contribution is -2.05. The maximum absolute atomic E-state index is 13.2. The molecule has 0 saturated carbocycles. The molecule has 0 amide bonds. The Kier molecular flexibility index (Phi) is 2.97. The molecule has 0 aliphatic rings. The van der Waals surface area contributed by atoms with Crippen molar-refractivity contribution in [1.29, 1.82) is 5.26 Å². The summed E-state index contributed by atoms with van der Waals surface area (Å²) in [5, 5.41) is 8.52. The van der Waals surface area contributed by atoms with Gasteiger partial charge in [-0.1, -0.05) is 6.07 Å². The molecule has 74 valence electrons. The maximum Gasteiger partial charge on any atom is 0.387 e. The number of ether oxygens (including phenoxy) is 1. The van der Waals surface area contributed by atoms with Crippen molar-refractivity contribution >= 4 is 0 Å². The van der Waals surface area contributed by atoms with Crippen LogP contribution in [-0.4, -0.2) is 6.61 Å². The Balaban J connectivity index is 3.19. The van der Waals surface area contributed by atoms with Gasteiger partial charge in [-0.3, -0.25) is 0 Å². The summed E-state index contributed by atoms with van der Waals surface area (Å²) in [4.78, 5) is 0. The third-order valence-corrected chi connectivity index (χ3v) is 1.62. The van der Waals surface area contributed by atoms with Gasteiger partial charge >= 0.3 is 6.61 Å². The van der Waals surface area contributed by atoms with Crippen LogP contribution in [0.4, 0.5) is 13.2 Å². The first-order chi connectivity index (χ1) is 6.56. The average Bonchev–Trinajstić information content (AvgIpc) is 2.11. The molecule has 1 aromatic rings. The maximum atomic E-state index is 13.2. The number of alkyl halides is 2. The Morgan fingerprint density at radius 1 is 1.43 bits per heavy atom. The van der Waals surface area contributed by atoms with E-state index in [0.717, 1.165) is 6.07 Å². The van der Waals surface area contributed by atoms with Gasteiger partial charge in [0.1, 0.15) is 23.2 Å². The fourth-order valence-electron chi connectivity index (χ4n) is 0.961. The van der Waals surface area contributed by atoms with E-state index in [2.05, 4.69) is 4.74 Å². The highest BCUT2D eigenvalue weighted by atomic mass is 19.3. The van der Waals surface area contributed by atoms with Gasteiger partial charge in [-0.25, -0.2) is 4.39 Å². The van der Waals surface area contributed by atoms with E-state index in [4.69, 9.17) is 5.26 Å². The second-order valence-electron chi connectivity index (χ2n) is 2.56. The molecule has 0 fully saturated rings. The molecule has 0 heterocycles. The van der Waals surface area contributed by atoms with Crippen LogP contribution in [0.5, 0.6) is 5.75 Å². The van der Waals surface area contributed by atoms with Gasteiger partial charge in [0.25, 0.3) is 0 Å².